The van der Waals surface area contributed by atoms with Crippen molar-refractivity contribution in [1.29, 1.82) is 0 Å². The Kier molecular flexibility index (Phi) is 5.40. The zero-order chi connectivity index (χ0) is 10.5. The molecule has 0 radical (unpaired) electrons. The normalized spacial score (nSPS) is 11.5. The van der Waals surface area contributed by atoms with E-state index in [4.69, 9.17) is 5.11 Å². The Bertz CT molecular complexity index is 171. The SMILES string of the molecule is CSCCC(=O)N(C)C(C)(C)CO. The molecule has 0 fully saturated rings. The Morgan fingerprint density at radius 3 is 2.46 bits per heavy atom. The molecule has 4 heteroatoms. The van der Waals surface area contributed by atoms with Gasteiger partial charge in [-0.25, -0.2) is 0 Å². The van der Waals surface area contributed by atoms with E-state index in [2.05, 4.69) is 0 Å². The molecule has 0 aliphatic heterocycles. The van der Waals surface area contributed by atoms with E-state index in [0.29, 0.717) is 6.42 Å². The number of hydrogen-bond donors (Lipinski definition) is 1. The van der Waals surface area contributed by atoms with Crippen molar-refractivity contribution in [3.63, 3.8) is 0 Å². The molecule has 0 aliphatic rings. The van der Waals surface area contributed by atoms with Gasteiger partial charge in [0.05, 0.1) is 12.1 Å². The Morgan fingerprint density at radius 1 is 1.54 bits per heavy atom. The molecular weight excluding hydrogens is 186 g/mol. The van der Waals surface area contributed by atoms with E-state index in [1.807, 2.05) is 20.1 Å². The largest absolute Gasteiger partial charge is 0.394 e. The standard InChI is InChI=1S/C9H19NO2S/c1-9(2,7-11)10(3)8(12)5-6-13-4/h11H,5-7H2,1-4H3. The molecule has 0 aliphatic carbocycles. The number of aliphatic hydroxyl groups is 1. The molecule has 0 bridgehead atoms. The van der Waals surface area contributed by atoms with E-state index >= 15 is 0 Å². The number of carbonyl (C=O) groups excluding carboxylic acids is 1. The van der Waals surface area contributed by atoms with E-state index < -0.39 is 5.54 Å². The first-order valence-electron chi connectivity index (χ1n) is 4.32. The van der Waals surface area contributed by atoms with Crippen LogP contribution in [0.5, 0.6) is 0 Å². The second kappa shape index (κ2) is 5.50. The zero-order valence-electron chi connectivity index (χ0n) is 8.83. The summed E-state index contributed by atoms with van der Waals surface area (Å²) in [6.07, 6.45) is 2.52. The summed E-state index contributed by atoms with van der Waals surface area (Å²) in [6.45, 7) is 3.70. The van der Waals surface area contributed by atoms with Crippen molar-refractivity contribution in [2.45, 2.75) is 25.8 Å². The first kappa shape index (κ1) is 12.8. The fraction of sp³-hybridized carbons (Fsp3) is 0.889. The molecule has 0 saturated carbocycles. The predicted octanol–water partition coefficient (Wildman–Crippen LogP) is 0.969. The van der Waals surface area contributed by atoms with Gasteiger partial charge in [-0.05, 0) is 20.1 Å². The van der Waals surface area contributed by atoms with Crippen LogP contribution in [-0.4, -0.2) is 47.1 Å². The van der Waals surface area contributed by atoms with Gasteiger partial charge in [0, 0.05) is 19.2 Å². The summed E-state index contributed by atoms with van der Waals surface area (Å²) in [5.74, 6) is 0.929. The van der Waals surface area contributed by atoms with Crippen LogP contribution in [0.2, 0.25) is 0 Å². The molecule has 1 N–H and O–H groups in total. The summed E-state index contributed by atoms with van der Waals surface area (Å²) in [7, 11) is 1.74. The van der Waals surface area contributed by atoms with E-state index in [1.165, 1.54) is 0 Å². The number of amides is 1. The minimum absolute atomic E-state index is 0.00545. The summed E-state index contributed by atoms with van der Waals surface area (Å²) in [6, 6.07) is 0. The highest BCUT2D eigenvalue weighted by molar-refractivity contribution is 7.98. The van der Waals surface area contributed by atoms with E-state index in [-0.39, 0.29) is 12.5 Å². The lowest BCUT2D eigenvalue weighted by Crippen LogP contribution is -2.47. The van der Waals surface area contributed by atoms with E-state index in [0.717, 1.165) is 5.75 Å². The van der Waals surface area contributed by atoms with Gasteiger partial charge in [0.15, 0.2) is 0 Å². The van der Waals surface area contributed by atoms with Gasteiger partial charge >= 0.3 is 0 Å². The number of likely N-dealkylation sites (N-methyl/N-ethyl adjacent to an activating group) is 1. The molecule has 0 heterocycles. The lowest BCUT2D eigenvalue weighted by molar-refractivity contribution is -0.135. The maximum Gasteiger partial charge on any atom is 0.223 e. The maximum atomic E-state index is 11.5. The molecular formula is C9H19NO2S. The molecule has 1 amide bonds. The van der Waals surface area contributed by atoms with Gasteiger partial charge < -0.3 is 10.0 Å². The highest BCUT2D eigenvalue weighted by atomic mass is 32.2. The third-order valence-corrected chi connectivity index (χ3v) is 2.80. The molecule has 0 atom stereocenters. The molecule has 3 nitrogen and oxygen atoms in total. The molecule has 0 aromatic heterocycles. The smallest absolute Gasteiger partial charge is 0.223 e. The number of carbonyl (C=O) groups is 1. The highest BCUT2D eigenvalue weighted by Crippen LogP contribution is 2.12. The molecule has 0 rings (SSSR count). The monoisotopic (exact) mass is 205 g/mol. The van der Waals surface area contributed by atoms with Crippen LogP contribution in [0.25, 0.3) is 0 Å². The van der Waals surface area contributed by atoms with Crippen LogP contribution in [0.15, 0.2) is 0 Å². The molecule has 0 aromatic rings. The average molecular weight is 205 g/mol. The third-order valence-electron chi connectivity index (χ3n) is 2.19. The number of hydrogen-bond acceptors (Lipinski definition) is 3. The fourth-order valence-electron chi connectivity index (χ4n) is 0.801. The van der Waals surface area contributed by atoms with Crippen molar-refractivity contribution in [2.75, 3.05) is 25.7 Å². The third kappa shape index (κ3) is 4.00. The first-order chi connectivity index (χ1) is 5.95. The second-order valence-corrected chi connectivity index (χ2v) is 4.65. The van der Waals surface area contributed by atoms with Gasteiger partial charge in [0.1, 0.15) is 0 Å². The summed E-state index contributed by atoms with van der Waals surface area (Å²) in [4.78, 5) is 13.1. The van der Waals surface area contributed by atoms with Crippen LogP contribution in [0.4, 0.5) is 0 Å². The Morgan fingerprint density at radius 2 is 2.08 bits per heavy atom. The minimum atomic E-state index is -0.449. The molecule has 13 heavy (non-hydrogen) atoms. The number of thioether (sulfide) groups is 1. The van der Waals surface area contributed by atoms with Crippen molar-refractivity contribution in [1.82, 2.24) is 4.90 Å². The van der Waals surface area contributed by atoms with Gasteiger partial charge in [0.25, 0.3) is 0 Å². The minimum Gasteiger partial charge on any atom is -0.394 e. The lowest BCUT2D eigenvalue weighted by atomic mass is 10.1. The van der Waals surface area contributed by atoms with Crippen LogP contribution in [0, 0.1) is 0 Å². The Labute approximate surface area is 84.5 Å². The van der Waals surface area contributed by atoms with Gasteiger partial charge in [-0.1, -0.05) is 0 Å². The molecule has 78 valence electrons. The van der Waals surface area contributed by atoms with Gasteiger partial charge in [-0.3, -0.25) is 4.79 Å². The predicted molar refractivity (Wildman–Crippen MR) is 56.9 cm³/mol. The zero-order valence-corrected chi connectivity index (χ0v) is 9.65. The highest BCUT2D eigenvalue weighted by Gasteiger charge is 2.25. The summed E-state index contributed by atoms with van der Waals surface area (Å²) >= 11 is 1.66. The van der Waals surface area contributed by atoms with E-state index in [9.17, 15) is 4.79 Å². The molecule has 0 unspecified atom stereocenters. The summed E-state index contributed by atoms with van der Waals surface area (Å²) in [5.41, 5.74) is -0.449. The van der Waals surface area contributed by atoms with Crippen molar-refractivity contribution in [3.8, 4) is 0 Å². The number of nitrogens with zero attached hydrogens (tertiary/aromatic N) is 1. The average Bonchev–Trinajstić information content (AvgIpc) is 2.12. The van der Waals surface area contributed by atoms with E-state index in [1.54, 1.807) is 23.7 Å². The quantitative estimate of drug-likeness (QED) is 0.727. The number of aliphatic hydroxyl groups excluding tert-OH is 1. The lowest BCUT2D eigenvalue weighted by Gasteiger charge is -2.33. The molecule has 0 spiro atoms. The van der Waals surface area contributed by atoms with Crippen molar-refractivity contribution in [2.24, 2.45) is 0 Å². The van der Waals surface area contributed by atoms with Gasteiger partial charge in [-0.2, -0.15) is 11.8 Å². The topological polar surface area (TPSA) is 40.5 Å². The number of rotatable bonds is 5. The summed E-state index contributed by atoms with van der Waals surface area (Å²) in [5, 5.41) is 9.04. The maximum absolute atomic E-state index is 11.5. The molecule has 0 aromatic carbocycles. The summed E-state index contributed by atoms with van der Waals surface area (Å²) < 4.78 is 0. The fourth-order valence-corrected chi connectivity index (χ4v) is 1.18. The van der Waals surface area contributed by atoms with Crippen LogP contribution in [0.3, 0.4) is 0 Å². The first-order valence-corrected chi connectivity index (χ1v) is 5.71. The van der Waals surface area contributed by atoms with Crippen molar-refractivity contribution >= 4 is 17.7 Å². The van der Waals surface area contributed by atoms with Gasteiger partial charge in [-0.15, -0.1) is 0 Å². The van der Waals surface area contributed by atoms with Gasteiger partial charge in [0.2, 0.25) is 5.91 Å². The van der Waals surface area contributed by atoms with Crippen molar-refractivity contribution < 1.29 is 9.90 Å². The van der Waals surface area contributed by atoms with Crippen LogP contribution in [0.1, 0.15) is 20.3 Å². The Balaban J connectivity index is 4.09. The van der Waals surface area contributed by atoms with Crippen LogP contribution < -0.4 is 0 Å². The molecule has 0 saturated heterocycles. The van der Waals surface area contributed by atoms with Crippen LogP contribution in [-0.2, 0) is 4.79 Å². The second-order valence-electron chi connectivity index (χ2n) is 3.67. The Hall–Kier alpha value is -0.220. The van der Waals surface area contributed by atoms with Crippen molar-refractivity contribution in [3.05, 3.63) is 0 Å². The van der Waals surface area contributed by atoms with Crippen LogP contribution >= 0.6 is 11.8 Å².